The average Bonchev–Trinajstić information content (AvgIpc) is 2.80. The van der Waals surface area contributed by atoms with Crippen molar-refractivity contribution >= 4 is 10.3 Å². The number of aliphatic hydroxyl groups is 1. The third kappa shape index (κ3) is 2.73. The number of hydrogen-bond donors (Lipinski definition) is 3. The van der Waals surface area contributed by atoms with Crippen LogP contribution in [-0.2, 0) is 16.7 Å². The molecule has 5 atom stereocenters. The van der Waals surface area contributed by atoms with E-state index >= 15 is 0 Å². The summed E-state index contributed by atoms with van der Waals surface area (Å²) in [6.45, 7) is 2.19. The number of rotatable bonds is 2. The number of aliphatic hydroxyl groups excluding tert-OH is 1. The molecule has 0 saturated heterocycles. The maximum Gasteiger partial charge on any atom is 0.380 e. The number of phenols is 1. The highest BCUT2D eigenvalue weighted by Gasteiger charge is 2.54. The summed E-state index contributed by atoms with van der Waals surface area (Å²) in [6.07, 6.45) is 5.16. The number of aromatic hydroxyl groups is 1. The Morgan fingerprint density at radius 3 is 2.72 bits per heavy atom. The molecule has 0 amide bonds. The fraction of sp³-hybridized carbons (Fsp3) is 0.667. The lowest BCUT2D eigenvalue weighted by Crippen LogP contribution is -2.44. The highest BCUT2D eigenvalue weighted by atomic mass is 32.2. The summed E-state index contributed by atoms with van der Waals surface area (Å²) >= 11 is 0. The molecule has 4 N–H and O–H groups in total. The molecule has 0 bridgehead atoms. The van der Waals surface area contributed by atoms with Crippen LogP contribution in [0.25, 0.3) is 0 Å². The fourth-order valence-electron chi connectivity index (χ4n) is 5.83. The number of phenolic OH excluding ortho intramolecular Hbond substituents is 1. The Morgan fingerprint density at radius 1 is 1.24 bits per heavy atom. The first-order chi connectivity index (χ1) is 11.7. The number of hydrogen-bond acceptors (Lipinski definition) is 5. The Balaban J connectivity index is 1.77. The molecule has 0 aromatic heterocycles. The van der Waals surface area contributed by atoms with Crippen molar-refractivity contribution in [2.24, 2.45) is 22.4 Å². The van der Waals surface area contributed by atoms with Gasteiger partial charge in [0.05, 0.1) is 6.10 Å². The number of benzene rings is 1. The van der Waals surface area contributed by atoms with Gasteiger partial charge in [0, 0.05) is 11.6 Å². The molecule has 0 unspecified atom stereocenters. The summed E-state index contributed by atoms with van der Waals surface area (Å²) in [4.78, 5) is 0. The summed E-state index contributed by atoms with van der Waals surface area (Å²) in [7, 11) is -4.15. The van der Waals surface area contributed by atoms with E-state index in [-0.39, 0.29) is 28.9 Å². The fourth-order valence-corrected chi connectivity index (χ4v) is 6.22. The molecule has 3 aliphatic rings. The molecule has 0 spiro atoms. The molecule has 7 heteroatoms. The van der Waals surface area contributed by atoms with Gasteiger partial charge in [-0.15, -0.1) is 0 Å². The minimum Gasteiger partial charge on any atom is -0.508 e. The van der Waals surface area contributed by atoms with E-state index in [1.807, 2.05) is 0 Å². The van der Waals surface area contributed by atoms with E-state index in [0.717, 1.165) is 49.7 Å². The van der Waals surface area contributed by atoms with E-state index < -0.39 is 10.3 Å². The smallest absolute Gasteiger partial charge is 0.380 e. The highest BCUT2D eigenvalue weighted by Crippen LogP contribution is 2.62. The Morgan fingerprint density at radius 2 is 2.00 bits per heavy atom. The summed E-state index contributed by atoms with van der Waals surface area (Å²) in [6, 6.07) is 3.06. The van der Waals surface area contributed by atoms with Crippen LogP contribution in [0, 0.1) is 17.3 Å². The van der Waals surface area contributed by atoms with E-state index in [4.69, 9.17) is 9.32 Å². The van der Waals surface area contributed by atoms with Crippen LogP contribution in [0.3, 0.4) is 0 Å². The standard InChI is InChI=1S/C18H25NO5S/c1-18-7-6-13-12(14(18)4-5-16(18)21)3-2-10-8-11(20)9-15(17(10)13)24-25(19,22)23/h8-9,12-14,16,20-21H,2-7H2,1H3,(H2,19,22,23)/t12-,13+,14+,16-,18+/m1/s1. The second-order valence-electron chi connectivity index (χ2n) is 8.15. The lowest BCUT2D eigenvalue weighted by Gasteiger charge is -2.50. The minimum atomic E-state index is -4.15. The van der Waals surface area contributed by atoms with Gasteiger partial charge in [-0.1, -0.05) is 6.92 Å². The summed E-state index contributed by atoms with van der Waals surface area (Å²) < 4.78 is 28.0. The van der Waals surface area contributed by atoms with Crippen LogP contribution in [0.4, 0.5) is 0 Å². The van der Waals surface area contributed by atoms with Crippen molar-refractivity contribution < 1.29 is 22.8 Å². The molecule has 1 aromatic carbocycles. The minimum absolute atomic E-state index is 0.00668. The Bertz CT molecular complexity index is 808. The Hall–Kier alpha value is -1.31. The van der Waals surface area contributed by atoms with Gasteiger partial charge in [0.2, 0.25) is 0 Å². The summed E-state index contributed by atoms with van der Waals surface area (Å²) in [5.41, 5.74) is 1.78. The first-order valence-electron chi connectivity index (χ1n) is 8.95. The van der Waals surface area contributed by atoms with E-state index in [0.29, 0.717) is 11.8 Å². The monoisotopic (exact) mass is 367 g/mol. The molecule has 0 heterocycles. The van der Waals surface area contributed by atoms with E-state index in [1.54, 1.807) is 6.07 Å². The maximum atomic E-state index is 11.5. The van der Waals surface area contributed by atoms with Gasteiger partial charge in [-0.2, -0.15) is 13.6 Å². The molecule has 2 saturated carbocycles. The first kappa shape index (κ1) is 17.1. The third-order valence-electron chi connectivity index (χ3n) is 6.92. The summed E-state index contributed by atoms with van der Waals surface area (Å²) in [5, 5.41) is 25.5. The number of fused-ring (bicyclic) bond motifs is 5. The van der Waals surface area contributed by atoms with Gasteiger partial charge < -0.3 is 14.4 Å². The first-order valence-corrected chi connectivity index (χ1v) is 10.4. The number of aryl methyl sites for hydroxylation is 1. The van der Waals surface area contributed by atoms with Gasteiger partial charge in [0.25, 0.3) is 0 Å². The SMILES string of the molecule is C[C@]12CC[C@@H]3c4c(cc(O)cc4OS(N)(=O)=O)CC[C@H]3[C@@H]1CC[C@H]2O. The topological polar surface area (TPSA) is 110 Å². The molecule has 3 aliphatic carbocycles. The van der Waals surface area contributed by atoms with Crippen molar-refractivity contribution in [3.63, 3.8) is 0 Å². The molecule has 0 aliphatic heterocycles. The second kappa shape index (κ2) is 5.59. The van der Waals surface area contributed by atoms with Gasteiger partial charge >= 0.3 is 10.3 Å². The quantitative estimate of drug-likeness (QED) is 0.742. The van der Waals surface area contributed by atoms with Crippen LogP contribution in [0.2, 0.25) is 0 Å². The summed E-state index contributed by atoms with van der Waals surface area (Å²) in [5.74, 6) is 1.17. The van der Waals surface area contributed by atoms with Gasteiger partial charge in [0.1, 0.15) is 5.75 Å². The van der Waals surface area contributed by atoms with Crippen LogP contribution < -0.4 is 9.32 Å². The molecular formula is C18H25NO5S. The largest absolute Gasteiger partial charge is 0.508 e. The molecule has 2 fully saturated rings. The zero-order valence-electron chi connectivity index (χ0n) is 14.3. The van der Waals surface area contributed by atoms with Crippen LogP contribution in [0.15, 0.2) is 12.1 Å². The molecular weight excluding hydrogens is 342 g/mol. The van der Waals surface area contributed by atoms with Crippen LogP contribution in [0.5, 0.6) is 11.5 Å². The Labute approximate surface area is 148 Å². The molecule has 1 aromatic rings. The van der Waals surface area contributed by atoms with Gasteiger partial charge in [-0.05, 0) is 73.3 Å². The molecule has 6 nitrogen and oxygen atoms in total. The van der Waals surface area contributed by atoms with Crippen LogP contribution >= 0.6 is 0 Å². The number of nitrogens with two attached hydrogens (primary N) is 1. The van der Waals surface area contributed by atoms with Crippen LogP contribution in [-0.4, -0.2) is 24.7 Å². The van der Waals surface area contributed by atoms with Crippen molar-refractivity contribution in [3.8, 4) is 11.5 Å². The molecule has 4 rings (SSSR count). The lowest BCUT2D eigenvalue weighted by molar-refractivity contribution is -0.0228. The van der Waals surface area contributed by atoms with Crippen LogP contribution in [0.1, 0.15) is 56.1 Å². The predicted molar refractivity (Wildman–Crippen MR) is 92.5 cm³/mol. The van der Waals surface area contributed by atoms with Crippen molar-refractivity contribution in [2.45, 2.75) is 57.5 Å². The normalized spacial score (nSPS) is 37.1. The Kier molecular flexibility index (Phi) is 3.83. The third-order valence-corrected chi connectivity index (χ3v) is 7.34. The molecule has 25 heavy (non-hydrogen) atoms. The average molecular weight is 367 g/mol. The van der Waals surface area contributed by atoms with Crippen molar-refractivity contribution in [2.75, 3.05) is 0 Å². The van der Waals surface area contributed by atoms with E-state index in [9.17, 15) is 18.6 Å². The van der Waals surface area contributed by atoms with Gasteiger partial charge in [-0.3, -0.25) is 0 Å². The van der Waals surface area contributed by atoms with Crippen molar-refractivity contribution in [1.29, 1.82) is 0 Å². The van der Waals surface area contributed by atoms with E-state index in [2.05, 4.69) is 6.92 Å². The lowest BCUT2D eigenvalue weighted by atomic mass is 9.55. The van der Waals surface area contributed by atoms with Crippen molar-refractivity contribution in [3.05, 3.63) is 23.3 Å². The zero-order valence-corrected chi connectivity index (χ0v) is 15.1. The molecule has 138 valence electrons. The highest BCUT2D eigenvalue weighted by molar-refractivity contribution is 7.84. The van der Waals surface area contributed by atoms with Crippen molar-refractivity contribution in [1.82, 2.24) is 0 Å². The predicted octanol–water partition coefficient (Wildman–Crippen LogP) is 2.19. The molecule has 0 radical (unpaired) electrons. The van der Waals surface area contributed by atoms with Gasteiger partial charge in [-0.25, -0.2) is 0 Å². The second-order valence-corrected chi connectivity index (χ2v) is 9.30. The van der Waals surface area contributed by atoms with Gasteiger partial charge in [0.15, 0.2) is 5.75 Å². The zero-order chi connectivity index (χ0) is 18.0. The van der Waals surface area contributed by atoms with E-state index in [1.165, 1.54) is 6.07 Å². The maximum absolute atomic E-state index is 11.5.